The number of nitrogens with one attached hydrogen (secondary N) is 1. The number of nitrogens with two attached hydrogens (primary N) is 1. The molecule has 0 bridgehead atoms. The summed E-state index contributed by atoms with van der Waals surface area (Å²) >= 11 is 0. The van der Waals surface area contributed by atoms with Crippen molar-refractivity contribution < 1.29 is 4.79 Å². The first kappa shape index (κ1) is 13.6. The van der Waals surface area contributed by atoms with Crippen LogP contribution in [0.4, 0.5) is 0 Å². The van der Waals surface area contributed by atoms with Gasteiger partial charge in [0.25, 0.3) is 0 Å². The monoisotopic (exact) mass is 272 g/mol. The predicted molar refractivity (Wildman–Crippen MR) is 80.4 cm³/mol. The van der Waals surface area contributed by atoms with Gasteiger partial charge in [0.1, 0.15) is 0 Å². The Morgan fingerprint density at radius 1 is 1.30 bits per heavy atom. The third-order valence-corrected chi connectivity index (χ3v) is 4.85. The Hall–Kier alpha value is -1.35. The molecule has 0 radical (unpaired) electrons. The van der Waals surface area contributed by atoms with Gasteiger partial charge in [-0.25, -0.2) is 0 Å². The van der Waals surface area contributed by atoms with Crippen LogP contribution < -0.4 is 11.1 Å². The van der Waals surface area contributed by atoms with Crippen LogP contribution in [0.25, 0.3) is 0 Å². The fourth-order valence-electron chi connectivity index (χ4n) is 3.27. The van der Waals surface area contributed by atoms with Crippen molar-refractivity contribution in [3.8, 4) is 0 Å². The van der Waals surface area contributed by atoms with Gasteiger partial charge in [-0.1, -0.05) is 37.1 Å². The lowest BCUT2D eigenvalue weighted by atomic mass is 9.90. The molecule has 0 aromatic heterocycles. The molecule has 1 atom stereocenters. The van der Waals surface area contributed by atoms with Crippen LogP contribution in [0.1, 0.15) is 62.5 Å². The Balaban J connectivity index is 1.76. The van der Waals surface area contributed by atoms with Crippen LogP contribution in [0.15, 0.2) is 24.3 Å². The molecule has 0 spiro atoms. The van der Waals surface area contributed by atoms with Crippen molar-refractivity contribution in [1.82, 2.24) is 5.32 Å². The van der Waals surface area contributed by atoms with Gasteiger partial charge in [0.05, 0.1) is 5.92 Å². The summed E-state index contributed by atoms with van der Waals surface area (Å²) in [5.41, 5.74) is 8.42. The van der Waals surface area contributed by atoms with Crippen LogP contribution in [0.5, 0.6) is 0 Å². The number of hydrogen-bond acceptors (Lipinski definition) is 2. The summed E-state index contributed by atoms with van der Waals surface area (Å²) in [6.07, 6.45) is 6.79. The molecule has 1 aromatic carbocycles. The predicted octanol–water partition coefficient (Wildman–Crippen LogP) is 2.80. The zero-order valence-corrected chi connectivity index (χ0v) is 12.2. The smallest absolute Gasteiger partial charge is 0.227 e. The van der Waals surface area contributed by atoms with E-state index in [0.29, 0.717) is 6.04 Å². The molecule has 1 unspecified atom stereocenters. The highest BCUT2D eigenvalue weighted by molar-refractivity contribution is 5.84. The number of benzene rings is 1. The first-order valence-electron chi connectivity index (χ1n) is 7.79. The molecule has 1 amide bonds. The second-order valence-corrected chi connectivity index (χ2v) is 6.46. The second kappa shape index (κ2) is 5.21. The number of carbonyl (C=O) groups is 1. The van der Waals surface area contributed by atoms with Crippen LogP contribution in [-0.4, -0.2) is 11.9 Å². The Morgan fingerprint density at radius 3 is 2.60 bits per heavy atom. The average molecular weight is 272 g/mol. The van der Waals surface area contributed by atoms with Crippen molar-refractivity contribution in [2.24, 2.45) is 5.73 Å². The summed E-state index contributed by atoms with van der Waals surface area (Å²) in [7, 11) is 0. The Morgan fingerprint density at radius 2 is 1.95 bits per heavy atom. The molecule has 20 heavy (non-hydrogen) atoms. The lowest BCUT2D eigenvalue weighted by Gasteiger charge is -2.21. The van der Waals surface area contributed by atoms with E-state index in [0.717, 1.165) is 36.8 Å². The Kier molecular flexibility index (Phi) is 3.55. The van der Waals surface area contributed by atoms with Crippen molar-refractivity contribution in [2.75, 3.05) is 0 Å². The molecule has 2 fully saturated rings. The molecule has 3 heteroatoms. The minimum atomic E-state index is -0.182. The van der Waals surface area contributed by atoms with Crippen LogP contribution in [0, 0.1) is 0 Å². The normalized spacial score (nSPS) is 22.5. The quantitative estimate of drug-likeness (QED) is 0.885. The van der Waals surface area contributed by atoms with Gasteiger partial charge in [-0.15, -0.1) is 0 Å². The maximum absolute atomic E-state index is 12.4. The molecule has 0 aliphatic heterocycles. The largest absolute Gasteiger partial charge is 0.353 e. The summed E-state index contributed by atoms with van der Waals surface area (Å²) in [5.74, 6) is 0.0291. The van der Waals surface area contributed by atoms with Gasteiger partial charge >= 0.3 is 0 Å². The Bertz CT molecular complexity index is 501. The fraction of sp³-hybridized carbons (Fsp3) is 0.588. The standard InChI is InChI=1S/C17H24N2O/c1-12(16(20)19-13-6-2-3-7-13)14-8-4-5-9-15(14)17(18)10-11-17/h4-5,8-9,12-13H,2-3,6-7,10-11,18H2,1H3,(H,19,20). The van der Waals surface area contributed by atoms with Gasteiger partial charge in [0.2, 0.25) is 5.91 Å². The minimum Gasteiger partial charge on any atom is -0.353 e. The maximum Gasteiger partial charge on any atom is 0.227 e. The molecular weight excluding hydrogens is 248 g/mol. The van der Waals surface area contributed by atoms with Crippen LogP contribution >= 0.6 is 0 Å². The number of hydrogen-bond donors (Lipinski definition) is 2. The highest BCUT2D eigenvalue weighted by Crippen LogP contribution is 2.45. The van der Waals surface area contributed by atoms with Crippen molar-refractivity contribution in [3.05, 3.63) is 35.4 Å². The lowest BCUT2D eigenvalue weighted by Crippen LogP contribution is -2.36. The van der Waals surface area contributed by atoms with E-state index in [9.17, 15) is 4.79 Å². The van der Waals surface area contributed by atoms with Crippen molar-refractivity contribution in [3.63, 3.8) is 0 Å². The van der Waals surface area contributed by atoms with Gasteiger partial charge in [0, 0.05) is 11.6 Å². The fourth-order valence-corrected chi connectivity index (χ4v) is 3.27. The summed E-state index contributed by atoms with van der Waals surface area (Å²) in [5, 5.41) is 3.20. The molecule has 0 heterocycles. The van der Waals surface area contributed by atoms with Gasteiger partial charge in [-0.05, 0) is 43.7 Å². The van der Waals surface area contributed by atoms with Gasteiger partial charge in [-0.3, -0.25) is 4.79 Å². The van der Waals surface area contributed by atoms with E-state index in [1.165, 1.54) is 12.8 Å². The van der Waals surface area contributed by atoms with E-state index in [4.69, 9.17) is 5.73 Å². The van der Waals surface area contributed by atoms with Crippen molar-refractivity contribution in [2.45, 2.75) is 62.9 Å². The highest BCUT2D eigenvalue weighted by Gasteiger charge is 2.42. The number of amides is 1. The van der Waals surface area contributed by atoms with Gasteiger partial charge in [0.15, 0.2) is 0 Å². The third kappa shape index (κ3) is 2.59. The third-order valence-electron chi connectivity index (χ3n) is 4.85. The van der Waals surface area contributed by atoms with Gasteiger partial charge in [-0.2, -0.15) is 0 Å². The van der Waals surface area contributed by atoms with E-state index in [1.807, 2.05) is 19.1 Å². The number of carbonyl (C=O) groups excluding carboxylic acids is 1. The molecular formula is C17H24N2O. The zero-order valence-electron chi connectivity index (χ0n) is 12.2. The second-order valence-electron chi connectivity index (χ2n) is 6.46. The lowest BCUT2D eigenvalue weighted by molar-refractivity contribution is -0.122. The topological polar surface area (TPSA) is 55.1 Å². The summed E-state index contributed by atoms with van der Waals surface area (Å²) < 4.78 is 0. The van der Waals surface area contributed by atoms with E-state index in [1.54, 1.807) is 0 Å². The van der Waals surface area contributed by atoms with Crippen LogP contribution in [0.3, 0.4) is 0 Å². The average Bonchev–Trinajstić information content (AvgIpc) is 3.00. The Labute approximate surface area is 120 Å². The van der Waals surface area contributed by atoms with Crippen molar-refractivity contribution in [1.29, 1.82) is 0 Å². The van der Waals surface area contributed by atoms with E-state index >= 15 is 0 Å². The first-order chi connectivity index (χ1) is 9.60. The highest BCUT2D eigenvalue weighted by atomic mass is 16.1. The molecule has 1 aromatic rings. The summed E-state index contributed by atoms with van der Waals surface area (Å²) in [6, 6.07) is 8.55. The van der Waals surface area contributed by atoms with E-state index < -0.39 is 0 Å². The maximum atomic E-state index is 12.4. The molecule has 3 N–H and O–H groups in total. The SMILES string of the molecule is CC(C(=O)NC1CCCC1)c1ccccc1C1(N)CC1. The molecule has 3 nitrogen and oxygen atoms in total. The van der Waals surface area contributed by atoms with Crippen LogP contribution in [-0.2, 0) is 10.3 Å². The molecule has 2 aliphatic rings. The van der Waals surface area contributed by atoms with Gasteiger partial charge < -0.3 is 11.1 Å². The minimum absolute atomic E-state index is 0.118. The molecule has 3 rings (SSSR count). The molecule has 2 aliphatic carbocycles. The molecule has 0 saturated heterocycles. The molecule has 2 saturated carbocycles. The van der Waals surface area contributed by atoms with E-state index in [2.05, 4.69) is 17.4 Å². The van der Waals surface area contributed by atoms with Crippen LogP contribution in [0.2, 0.25) is 0 Å². The summed E-state index contributed by atoms with van der Waals surface area (Å²) in [4.78, 5) is 12.4. The zero-order chi connectivity index (χ0) is 14.2. The van der Waals surface area contributed by atoms with E-state index in [-0.39, 0.29) is 17.4 Å². The molecule has 108 valence electrons. The van der Waals surface area contributed by atoms with Crippen molar-refractivity contribution >= 4 is 5.91 Å². The first-order valence-corrected chi connectivity index (χ1v) is 7.79. The summed E-state index contributed by atoms with van der Waals surface area (Å²) in [6.45, 7) is 1.99. The number of rotatable bonds is 4.